The van der Waals surface area contributed by atoms with Crippen LogP contribution in [-0.4, -0.2) is 88.5 Å². The molecule has 0 saturated carbocycles. The molecule has 0 saturated heterocycles. The number of esters is 4. The van der Waals surface area contributed by atoms with E-state index in [1.807, 2.05) is 30.3 Å². The molecule has 2 N–H and O–H groups in total. The van der Waals surface area contributed by atoms with E-state index in [0.717, 1.165) is 10.5 Å². The minimum Gasteiger partial charge on any atom is -0.460 e. The molecule has 294 valence electrons. The Kier molecular flexibility index (Phi) is 17.6. The highest BCUT2D eigenvalue weighted by Gasteiger charge is 2.38. The number of urea groups is 1. The molecule has 14 nitrogen and oxygen atoms in total. The van der Waals surface area contributed by atoms with E-state index < -0.39 is 77.0 Å². The molecule has 0 bridgehead atoms. The molecule has 1 rings (SSSR count). The van der Waals surface area contributed by atoms with E-state index in [1.165, 1.54) is 0 Å². The lowest BCUT2D eigenvalue weighted by atomic mass is 10.1. The molecule has 0 aliphatic heterocycles. The van der Waals surface area contributed by atoms with Gasteiger partial charge in [0.2, 0.25) is 0 Å². The first-order valence-corrected chi connectivity index (χ1v) is 17.7. The molecular weight excluding hydrogens is 674 g/mol. The van der Waals surface area contributed by atoms with Crippen molar-refractivity contribution in [1.82, 2.24) is 15.5 Å². The number of carbonyl (C=O) groups is 6. The van der Waals surface area contributed by atoms with Crippen molar-refractivity contribution in [2.45, 2.75) is 156 Å². The van der Waals surface area contributed by atoms with Gasteiger partial charge in [-0.15, -0.1) is 0 Å². The summed E-state index contributed by atoms with van der Waals surface area (Å²) in [4.78, 5) is 80.0. The number of alkyl carbamates (subject to hydrolysis) is 1. The van der Waals surface area contributed by atoms with E-state index in [1.54, 1.807) is 83.1 Å². The summed E-state index contributed by atoms with van der Waals surface area (Å²) in [5, 5.41) is 5.25. The molecule has 0 aliphatic rings. The van der Waals surface area contributed by atoms with Crippen molar-refractivity contribution < 1.29 is 52.5 Å². The Morgan fingerprint density at radius 1 is 0.654 bits per heavy atom. The molecule has 52 heavy (non-hydrogen) atoms. The normalized spacial score (nSPS) is 13.2. The topological polar surface area (TPSA) is 176 Å². The number of hydrogen-bond acceptors (Lipinski definition) is 11. The maximum Gasteiger partial charge on any atom is 0.407 e. The van der Waals surface area contributed by atoms with Crippen LogP contribution in [0.25, 0.3) is 0 Å². The lowest BCUT2D eigenvalue weighted by Crippen LogP contribution is -2.56. The van der Waals surface area contributed by atoms with E-state index in [9.17, 15) is 28.8 Å². The second-order valence-corrected chi connectivity index (χ2v) is 16.4. The van der Waals surface area contributed by atoms with E-state index in [4.69, 9.17) is 23.7 Å². The number of benzene rings is 1. The maximum atomic E-state index is 14.1. The number of rotatable bonds is 16. The van der Waals surface area contributed by atoms with Gasteiger partial charge < -0.3 is 34.3 Å². The first kappa shape index (κ1) is 45.7. The fourth-order valence-corrected chi connectivity index (χ4v) is 4.54. The van der Waals surface area contributed by atoms with Crippen LogP contribution in [0.1, 0.15) is 121 Å². The van der Waals surface area contributed by atoms with Crippen LogP contribution in [0.5, 0.6) is 0 Å². The highest BCUT2D eigenvalue weighted by atomic mass is 16.6. The van der Waals surface area contributed by atoms with Gasteiger partial charge in [0.1, 0.15) is 47.6 Å². The van der Waals surface area contributed by atoms with Gasteiger partial charge in [0, 0.05) is 13.0 Å². The van der Waals surface area contributed by atoms with Crippen molar-refractivity contribution >= 4 is 36.0 Å². The minimum absolute atomic E-state index is 0.0287. The Balaban J connectivity index is 3.29. The van der Waals surface area contributed by atoms with Crippen LogP contribution >= 0.6 is 0 Å². The Hall–Kier alpha value is -4.36. The summed E-state index contributed by atoms with van der Waals surface area (Å²) in [5.41, 5.74) is -2.72. The van der Waals surface area contributed by atoms with Gasteiger partial charge in [-0.05, 0) is 114 Å². The Morgan fingerprint density at radius 3 is 1.71 bits per heavy atom. The van der Waals surface area contributed by atoms with Crippen molar-refractivity contribution in [1.29, 1.82) is 0 Å². The highest BCUT2D eigenvalue weighted by Crippen LogP contribution is 2.19. The van der Waals surface area contributed by atoms with Crippen molar-refractivity contribution in [3.8, 4) is 0 Å². The molecule has 1 aromatic carbocycles. The minimum atomic E-state index is -1.34. The van der Waals surface area contributed by atoms with E-state index in [-0.39, 0.29) is 32.4 Å². The van der Waals surface area contributed by atoms with Crippen molar-refractivity contribution in [2.75, 3.05) is 13.1 Å². The van der Waals surface area contributed by atoms with Crippen LogP contribution in [0.4, 0.5) is 9.59 Å². The zero-order chi connectivity index (χ0) is 39.9. The summed E-state index contributed by atoms with van der Waals surface area (Å²) >= 11 is 0. The highest BCUT2D eigenvalue weighted by molar-refractivity contribution is 5.90. The monoisotopic (exact) mass is 735 g/mol. The third-order valence-corrected chi connectivity index (χ3v) is 6.47. The maximum absolute atomic E-state index is 14.1. The molecule has 0 spiro atoms. The summed E-state index contributed by atoms with van der Waals surface area (Å²) in [7, 11) is 0. The third kappa shape index (κ3) is 21.1. The number of hydrogen-bond donors (Lipinski definition) is 2. The SMILES string of the molecule is CC(C)(C)OC(=O)CC[C@H](NC(=O)N(CC(=O)OC(C)(C)C)[C@@H](CCCCNC(=O)OCc1ccccc1)C(=O)OC(C)(C)C)C(=O)OC(C)(C)C. The molecule has 3 amide bonds. The van der Waals surface area contributed by atoms with Gasteiger partial charge in [-0.25, -0.2) is 19.2 Å². The quantitative estimate of drug-likeness (QED) is 0.116. The summed E-state index contributed by atoms with van der Waals surface area (Å²) in [6.45, 7) is 19.7. The van der Waals surface area contributed by atoms with Gasteiger partial charge in [-0.2, -0.15) is 0 Å². The summed E-state index contributed by atoms with van der Waals surface area (Å²) in [6.07, 6.45) is -0.297. The second kappa shape index (κ2) is 20.0. The van der Waals surface area contributed by atoms with Crippen LogP contribution in [0.3, 0.4) is 0 Å². The number of nitrogens with zero attached hydrogens (tertiary/aromatic N) is 1. The first-order chi connectivity index (χ1) is 23.7. The lowest BCUT2D eigenvalue weighted by molar-refractivity contribution is -0.163. The molecule has 0 unspecified atom stereocenters. The van der Waals surface area contributed by atoms with Gasteiger partial charge in [0.15, 0.2) is 0 Å². The molecule has 0 aliphatic carbocycles. The fourth-order valence-electron chi connectivity index (χ4n) is 4.54. The molecule has 2 atom stereocenters. The van der Waals surface area contributed by atoms with Gasteiger partial charge in [0.25, 0.3) is 0 Å². The molecule has 0 fully saturated rings. The second-order valence-electron chi connectivity index (χ2n) is 16.4. The smallest absolute Gasteiger partial charge is 0.407 e. The van der Waals surface area contributed by atoms with Crippen LogP contribution in [0.15, 0.2) is 30.3 Å². The van der Waals surface area contributed by atoms with Crippen LogP contribution in [-0.2, 0) is 49.5 Å². The van der Waals surface area contributed by atoms with E-state index in [2.05, 4.69) is 10.6 Å². The average Bonchev–Trinajstić information content (AvgIpc) is 2.95. The number of nitrogens with one attached hydrogen (secondary N) is 2. The predicted molar refractivity (Wildman–Crippen MR) is 194 cm³/mol. The van der Waals surface area contributed by atoms with E-state index in [0.29, 0.717) is 12.8 Å². The summed E-state index contributed by atoms with van der Waals surface area (Å²) in [6, 6.07) is 5.60. The number of ether oxygens (including phenoxy) is 5. The third-order valence-electron chi connectivity index (χ3n) is 6.47. The van der Waals surface area contributed by atoms with E-state index >= 15 is 0 Å². The summed E-state index contributed by atoms with van der Waals surface area (Å²) in [5.74, 6) is -3.00. The van der Waals surface area contributed by atoms with Gasteiger partial charge >= 0.3 is 36.0 Å². The fraction of sp³-hybridized carbons (Fsp3) is 0.684. The van der Waals surface area contributed by atoms with Crippen molar-refractivity contribution in [2.24, 2.45) is 0 Å². The van der Waals surface area contributed by atoms with Crippen molar-refractivity contribution in [3.63, 3.8) is 0 Å². The van der Waals surface area contributed by atoms with Crippen molar-refractivity contribution in [3.05, 3.63) is 35.9 Å². The first-order valence-electron chi connectivity index (χ1n) is 17.7. The average molecular weight is 736 g/mol. The predicted octanol–water partition coefficient (Wildman–Crippen LogP) is 5.98. The molecule has 14 heteroatoms. The molecule has 0 heterocycles. The van der Waals surface area contributed by atoms with Crippen LogP contribution in [0.2, 0.25) is 0 Å². The molecule has 0 radical (unpaired) electrons. The Bertz CT molecular complexity index is 1340. The molecule has 0 aromatic heterocycles. The van der Waals surface area contributed by atoms with Crippen LogP contribution < -0.4 is 10.6 Å². The number of unbranched alkanes of at least 4 members (excludes halogenated alkanes) is 1. The molecule has 1 aromatic rings. The van der Waals surface area contributed by atoms with Gasteiger partial charge in [-0.1, -0.05) is 30.3 Å². The van der Waals surface area contributed by atoms with Gasteiger partial charge in [0.05, 0.1) is 0 Å². The standard InChI is InChI=1S/C38H61N3O11/c1-35(2,3)49-29(42)22-21-27(31(44)51-37(7,8)9)40-33(46)41(24-30(43)50-36(4,5)6)28(32(45)52-38(10,11)12)20-16-17-23-39-34(47)48-25-26-18-14-13-15-19-26/h13-15,18-19,27-28H,16-17,20-25H2,1-12H3,(H,39,47)(H,40,46)/t27-,28-/m0/s1. The Labute approximate surface area is 309 Å². The largest absolute Gasteiger partial charge is 0.460 e. The lowest BCUT2D eigenvalue weighted by Gasteiger charge is -2.34. The zero-order valence-electron chi connectivity index (χ0n) is 33.1. The number of carbonyl (C=O) groups excluding carboxylic acids is 6. The molecular formula is C38H61N3O11. The van der Waals surface area contributed by atoms with Gasteiger partial charge in [-0.3, -0.25) is 14.5 Å². The summed E-state index contributed by atoms with van der Waals surface area (Å²) < 4.78 is 27.3. The zero-order valence-corrected chi connectivity index (χ0v) is 33.1. The number of amides is 3. The Morgan fingerprint density at radius 2 is 1.17 bits per heavy atom. The van der Waals surface area contributed by atoms with Crippen LogP contribution in [0, 0.1) is 0 Å².